The van der Waals surface area contributed by atoms with E-state index >= 15 is 0 Å². The van der Waals surface area contributed by atoms with Crippen LogP contribution in [0.3, 0.4) is 0 Å². The number of halogens is 2. The summed E-state index contributed by atoms with van der Waals surface area (Å²) in [5.41, 5.74) is 1.86. The third-order valence-electron chi connectivity index (χ3n) is 5.06. The molecule has 2 atom stereocenters. The van der Waals surface area contributed by atoms with E-state index in [-0.39, 0.29) is 36.0 Å². The molecule has 0 radical (unpaired) electrons. The summed E-state index contributed by atoms with van der Waals surface area (Å²) >= 11 is 7.42. The van der Waals surface area contributed by atoms with Crippen molar-refractivity contribution in [3.63, 3.8) is 0 Å². The van der Waals surface area contributed by atoms with Gasteiger partial charge in [-0.2, -0.15) is 0 Å². The number of hydrogen-bond donors (Lipinski definition) is 1. The first-order chi connectivity index (χ1) is 14.8. The van der Waals surface area contributed by atoms with Crippen molar-refractivity contribution >= 4 is 35.2 Å². The Hall–Kier alpha value is -2.05. The van der Waals surface area contributed by atoms with E-state index in [0.29, 0.717) is 17.2 Å². The normalized spacial score (nSPS) is 12.8. The van der Waals surface area contributed by atoms with Gasteiger partial charge in [0.05, 0.1) is 5.75 Å². The van der Waals surface area contributed by atoms with Gasteiger partial charge in [-0.15, -0.1) is 11.8 Å². The number of carbonyl (C=O) groups excluding carboxylic acids is 2. The fraction of sp³-hybridized carbons (Fsp3) is 0.417. The summed E-state index contributed by atoms with van der Waals surface area (Å²) in [6, 6.07) is 13.0. The number of nitrogens with zero attached hydrogens (tertiary/aromatic N) is 1. The number of benzene rings is 2. The Morgan fingerprint density at radius 1 is 1.03 bits per heavy atom. The molecule has 0 spiro atoms. The molecule has 0 fully saturated rings. The van der Waals surface area contributed by atoms with Crippen molar-refractivity contribution in [2.75, 3.05) is 5.75 Å². The van der Waals surface area contributed by atoms with Gasteiger partial charge in [-0.3, -0.25) is 9.59 Å². The average molecular weight is 465 g/mol. The SMILES string of the molecule is CCC(C)NC(=O)C(CC)N(Cc1ccc(F)cc1)C(=O)CSCc1ccc(Cl)cc1. The minimum Gasteiger partial charge on any atom is -0.352 e. The first-order valence-electron chi connectivity index (χ1n) is 10.5. The largest absolute Gasteiger partial charge is 0.352 e. The molecular formula is C24H30ClFN2O2S. The maximum absolute atomic E-state index is 13.3. The van der Waals surface area contributed by atoms with Crippen LogP contribution in [0.5, 0.6) is 0 Å². The second-order valence-corrected chi connectivity index (χ2v) is 8.93. The summed E-state index contributed by atoms with van der Waals surface area (Å²) in [6.07, 6.45) is 1.31. The van der Waals surface area contributed by atoms with Crippen molar-refractivity contribution in [1.82, 2.24) is 10.2 Å². The second-order valence-electron chi connectivity index (χ2n) is 7.51. The Kier molecular flexibility index (Phi) is 10.3. The Balaban J connectivity index is 2.12. The molecule has 0 aliphatic carbocycles. The summed E-state index contributed by atoms with van der Waals surface area (Å²) in [5.74, 6) is 0.311. The van der Waals surface area contributed by atoms with E-state index in [0.717, 1.165) is 17.5 Å². The number of rotatable bonds is 11. The Labute approximate surface area is 193 Å². The third-order valence-corrected chi connectivity index (χ3v) is 6.30. The van der Waals surface area contributed by atoms with Crippen molar-refractivity contribution in [1.29, 1.82) is 0 Å². The lowest BCUT2D eigenvalue weighted by molar-refractivity contribution is -0.139. The minimum absolute atomic E-state index is 0.0311. The number of amides is 2. The van der Waals surface area contributed by atoms with Crippen LogP contribution in [0.4, 0.5) is 4.39 Å². The molecule has 2 aromatic carbocycles. The van der Waals surface area contributed by atoms with Crippen LogP contribution in [0.15, 0.2) is 48.5 Å². The first kappa shape index (κ1) is 25.2. The fourth-order valence-electron chi connectivity index (χ4n) is 3.07. The molecule has 2 amide bonds. The highest BCUT2D eigenvalue weighted by molar-refractivity contribution is 7.99. The van der Waals surface area contributed by atoms with E-state index in [1.807, 2.05) is 45.0 Å². The molecule has 1 N–H and O–H groups in total. The maximum Gasteiger partial charge on any atom is 0.243 e. The molecule has 0 aliphatic heterocycles. The average Bonchev–Trinajstić information content (AvgIpc) is 2.76. The quantitative estimate of drug-likeness (QED) is 0.482. The Bertz CT molecular complexity index is 846. The molecule has 2 rings (SSSR count). The van der Waals surface area contributed by atoms with Crippen molar-refractivity contribution in [3.05, 3.63) is 70.5 Å². The molecule has 0 aliphatic rings. The van der Waals surface area contributed by atoms with E-state index in [1.54, 1.807) is 17.0 Å². The highest BCUT2D eigenvalue weighted by Gasteiger charge is 2.29. The van der Waals surface area contributed by atoms with Gasteiger partial charge in [0.2, 0.25) is 11.8 Å². The molecule has 31 heavy (non-hydrogen) atoms. The smallest absolute Gasteiger partial charge is 0.243 e. The van der Waals surface area contributed by atoms with Gasteiger partial charge in [-0.05, 0) is 55.2 Å². The van der Waals surface area contributed by atoms with E-state index in [4.69, 9.17) is 11.6 Å². The molecule has 7 heteroatoms. The predicted octanol–water partition coefficient (Wildman–Crippen LogP) is 5.43. The molecule has 0 heterocycles. The number of nitrogens with one attached hydrogen (secondary N) is 1. The van der Waals surface area contributed by atoms with E-state index < -0.39 is 6.04 Å². The van der Waals surface area contributed by atoms with Gasteiger partial charge in [0.1, 0.15) is 11.9 Å². The predicted molar refractivity (Wildman–Crippen MR) is 127 cm³/mol. The Morgan fingerprint density at radius 2 is 1.65 bits per heavy atom. The summed E-state index contributed by atoms with van der Waals surface area (Å²) < 4.78 is 13.3. The molecule has 2 aromatic rings. The number of carbonyl (C=O) groups is 2. The molecular weight excluding hydrogens is 435 g/mol. The molecule has 0 saturated carbocycles. The molecule has 0 bridgehead atoms. The van der Waals surface area contributed by atoms with E-state index in [9.17, 15) is 14.0 Å². The van der Waals surface area contributed by atoms with Crippen LogP contribution >= 0.6 is 23.4 Å². The van der Waals surface area contributed by atoms with Crippen molar-refractivity contribution in [3.8, 4) is 0 Å². The zero-order valence-electron chi connectivity index (χ0n) is 18.2. The fourth-order valence-corrected chi connectivity index (χ4v) is 4.06. The minimum atomic E-state index is -0.581. The molecule has 0 saturated heterocycles. The zero-order chi connectivity index (χ0) is 22.8. The van der Waals surface area contributed by atoms with Crippen LogP contribution in [-0.2, 0) is 21.9 Å². The van der Waals surface area contributed by atoms with Crippen molar-refractivity contribution in [2.24, 2.45) is 0 Å². The third kappa shape index (κ3) is 8.19. The van der Waals surface area contributed by atoms with E-state index in [2.05, 4.69) is 5.32 Å². The highest BCUT2D eigenvalue weighted by atomic mass is 35.5. The second kappa shape index (κ2) is 12.7. The lowest BCUT2D eigenvalue weighted by Gasteiger charge is -2.31. The number of thioether (sulfide) groups is 1. The molecule has 168 valence electrons. The van der Waals surface area contributed by atoms with Crippen LogP contribution in [0, 0.1) is 5.82 Å². The molecule has 2 unspecified atom stereocenters. The van der Waals surface area contributed by atoms with Crippen LogP contribution < -0.4 is 5.32 Å². The van der Waals surface area contributed by atoms with Crippen molar-refractivity contribution in [2.45, 2.75) is 58.0 Å². The van der Waals surface area contributed by atoms with Crippen molar-refractivity contribution < 1.29 is 14.0 Å². The van der Waals surface area contributed by atoms with Crippen LogP contribution in [0.1, 0.15) is 44.7 Å². The summed E-state index contributed by atoms with van der Waals surface area (Å²) in [7, 11) is 0. The van der Waals surface area contributed by atoms with Gasteiger partial charge in [-0.1, -0.05) is 49.7 Å². The van der Waals surface area contributed by atoms with Crippen LogP contribution in [0.2, 0.25) is 5.02 Å². The topological polar surface area (TPSA) is 49.4 Å². The van der Waals surface area contributed by atoms with Gasteiger partial charge in [0.15, 0.2) is 0 Å². The maximum atomic E-state index is 13.3. The lowest BCUT2D eigenvalue weighted by Crippen LogP contribution is -2.51. The zero-order valence-corrected chi connectivity index (χ0v) is 19.8. The summed E-state index contributed by atoms with van der Waals surface area (Å²) in [6.45, 7) is 6.10. The summed E-state index contributed by atoms with van der Waals surface area (Å²) in [5, 5.41) is 3.66. The molecule has 0 aromatic heterocycles. The first-order valence-corrected chi connectivity index (χ1v) is 12.0. The van der Waals surface area contributed by atoms with Crippen LogP contribution in [0.25, 0.3) is 0 Å². The number of hydrogen-bond acceptors (Lipinski definition) is 3. The van der Waals surface area contributed by atoms with Crippen LogP contribution in [-0.4, -0.2) is 34.6 Å². The van der Waals surface area contributed by atoms with Gasteiger partial charge >= 0.3 is 0 Å². The monoisotopic (exact) mass is 464 g/mol. The Morgan fingerprint density at radius 3 is 2.23 bits per heavy atom. The van der Waals surface area contributed by atoms with Gasteiger partial charge in [-0.25, -0.2) is 4.39 Å². The van der Waals surface area contributed by atoms with Gasteiger partial charge in [0, 0.05) is 23.4 Å². The highest BCUT2D eigenvalue weighted by Crippen LogP contribution is 2.19. The lowest BCUT2D eigenvalue weighted by atomic mass is 10.1. The summed E-state index contributed by atoms with van der Waals surface area (Å²) in [4.78, 5) is 27.6. The molecule has 4 nitrogen and oxygen atoms in total. The van der Waals surface area contributed by atoms with Gasteiger partial charge < -0.3 is 10.2 Å². The van der Waals surface area contributed by atoms with Gasteiger partial charge in [0.25, 0.3) is 0 Å². The van der Waals surface area contributed by atoms with E-state index in [1.165, 1.54) is 23.9 Å². The standard InChI is InChI=1S/C24H30ClFN2O2S/c1-4-17(3)27-24(30)22(5-2)28(14-18-8-12-21(26)13-9-18)23(29)16-31-15-19-6-10-20(25)11-7-19/h6-13,17,22H,4-5,14-16H2,1-3H3,(H,27,30).